The van der Waals surface area contributed by atoms with E-state index in [-0.39, 0.29) is 5.97 Å². The van der Waals surface area contributed by atoms with Gasteiger partial charge >= 0.3 is 5.97 Å². The monoisotopic (exact) mass is 547 g/mol. The van der Waals surface area contributed by atoms with Crippen molar-refractivity contribution in [2.75, 3.05) is 6.61 Å². The lowest BCUT2D eigenvalue weighted by atomic mass is 9.91. The van der Waals surface area contributed by atoms with Gasteiger partial charge in [0.15, 0.2) is 0 Å². The van der Waals surface area contributed by atoms with Crippen LogP contribution in [0.15, 0.2) is 30.3 Å². The van der Waals surface area contributed by atoms with Crippen LogP contribution in [0.5, 0.6) is 5.75 Å². The fourth-order valence-electron chi connectivity index (χ4n) is 5.75. The van der Waals surface area contributed by atoms with Crippen LogP contribution in [0.1, 0.15) is 78.6 Å². The van der Waals surface area contributed by atoms with Gasteiger partial charge in [-0.3, -0.25) is 4.68 Å². The number of aromatic nitrogens is 3. The second kappa shape index (κ2) is 10.7. The molecule has 5 rings (SSSR count). The third-order valence-electron chi connectivity index (χ3n) is 7.58. The Hall–Kier alpha value is -3.25. The topological polar surface area (TPSA) is 69.1 Å². The Morgan fingerprint density at radius 3 is 2.59 bits per heavy atom. The van der Waals surface area contributed by atoms with Crippen molar-refractivity contribution >= 4 is 28.5 Å². The molecule has 7 heteroatoms. The maximum atomic E-state index is 13.4. The Labute approximate surface area is 235 Å². The van der Waals surface area contributed by atoms with Gasteiger partial charge in [0, 0.05) is 29.3 Å². The maximum Gasteiger partial charge on any atom is 0.355 e. The van der Waals surface area contributed by atoms with Gasteiger partial charge in [-0.15, -0.1) is 0 Å². The van der Waals surface area contributed by atoms with E-state index in [2.05, 4.69) is 28.3 Å². The number of aryl methyl sites for hydroxylation is 4. The number of hydrogen-bond donors (Lipinski definition) is 1. The summed E-state index contributed by atoms with van der Waals surface area (Å²) in [6, 6.07) is 10.3. The third-order valence-corrected chi connectivity index (χ3v) is 7.89. The van der Waals surface area contributed by atoms with E-state index < -0.39 is 5.60 Å². The SMILES string of the molecule is Cc1nn(C)c(C)c1-c1c(Cl)ccc2c(CCCOc3cccc4c3CCCC4)c(C(=O)OC(C)(C)C)[nH]c12. The molecule has 2 aromatic heterocycles. The van der Waals surface area contributed by atoms with Crippen molar-refractivity contribution in [3.8, 4) is 16.9 Å². The molecule has 0 radical (unpaired) electrons. The Morgan fingerprint density at radius 2 is 1.87 bits per heavy atom. The fourth-order valence-corrected chi connectivity index (χ4v) is 6.00. The Kier molecular flexibility index (Phi) is 7.51. The van der Waals surface area contributed by atoms with Gasteiger partial charge in [0.1, 0.15) is 17.0 Å². The molecular weight excluding hydrogens is 510 g/mol. The first-order valence-corrected chi connectivity index (χ1v) is 14.2. The predicted octanol–water partition coefficient (Wildman–Crippen LogP) is 7.68. The zero-order chi connectivity index (χ0) is 27.9. The second-order valence-electron chi connectivity index (χ2n) is 11.5. The van der Waals surface area contributed by atoms with E-state index in [1.54, 1.807) is 0 Å². The first-order chi connectivity index (χ1) is 18.5. The molecule has 39 heavy (non-hydrogen) atoms. The summed E-state index contributed by atoms with van der Waals surface area (Å²) in [7, 11) is 1.93. The van der Waals surface area contributed by atoms with Crippen molar-refractivity contribution in [3.63, 3.8) is 0 Å². The zero-order valence-electron chi connectivity index (χ0n) is 23.8. The molecular formula is C32H38ClN3O3. The summed E-state index contributed by atoms with van der Waals surface area (Å²) >= 11 is 6.80. The number of fused-ring (bicyclic) bond motifs is 2. The summed E-state index contributed by atoms with van der Waals surface area (Å²) < 4.78 is 14.0. The molecule has 1 aliphatic carbocycles. The van der Waals surface area contributed by atoms with Crippen molar-refractivity contribution in [2.24, 2.45) is 7.05 Å². The number of nitrogens with one attached hydrogen (secondary N) is 1. The van der Waals surface area contributed by atoms with Crippen molar-refractivity contribution in [2.45, 2.75) is 78.7 Å². The molecule has 0 aliphatic heterocycles. The van der Waals surface area contributed by atoms with Gasteiger partial charge in [-0.25, -0.2) is 4.79 Å². The van der Waals surface area contributed by atoms with Gasteiger partial charge in [0.2, 0.25) is 0 Å². The van der Waals surface area contributed by atoms with Crippen molar-refractivity contribution in [3.05, 3.63) is 69.1 Å². The first-order valence-electron chi connectivity index (χ1n) is 13.9. The minimum atomic E-state index is -0.613. The molecule has 0 saturated heterocycles. The van der Waals surface area contributed by atoms with E-state index >= 15 is 0 Å². The molecule has 0 saturated carbocycles. The standard InChI is InChI=1S/C32H38ClN3O3/c1-19-27(20(2)36(6)35-19)28-25(33)17-16-24-23(30(34-29(24)28)31(37)39-32(3,4)5)14-10-18-38-26-15-9-12-21-11-7-8-13-22(21)26/h9,12,15-17,34H,7-8,10-11,13-14,18H2,1-6H3. The minimum Gasteiger partial charge on any atom is -0.493 e. The highest BCUT2D eigenvalue weighted by atomic mass is 35.5. The lowest BCUT2D eigenvalue weighted by Gasteiger charge is -2.20. The molecule has 0 amide bonds. The van der Waals surface area contributed by atoms with Crippen molar-refractivity contribution in [1.29, 1.82) is 0 Å². The number of carbonyl (C=O) groups excluding carboxylic acids is 1. The average molecular weight is 548 g/mol. The highest BCUT2D eigenvalue weighted by molar-refractivity contribution is 6.35. The number of hydrogen-bond acceptors (Lipinski definition) is 4. The Morgan fingerprint density at radius 1 is 1.10 bits per heavy atom. The average Bonchev–Trinajstić information content (AvgIpc) is 3.37. The minimum absolute atomic E-state index is 0.367. The first kappa shape index (κ1) is 27.3. The van der Waals surface area contributed by atoms with Crippen molar-refractivity contribution < 1.29 is 14.3 Å². The molecule has 0 fully saturated rings. The van der Waals surface area contributed by atoms with E-state index in [0.29, 0.717) is 23.7 Å². The smallest absolute Gasteiger partial charge is 0.355 e. The number of aromatic amines is 1. The molecule has 0 atom stereocenters. The van der Waals surface area contributed by atoms with E-state index in [1.807, 2.05) is 58.5 Å². The molecule has 2 heterocycles. The summed E-state index contributed by atoms with van der Waals surface area (Å²) in [6.07, 6.45) is 6.08. The van der Waals surface area contributed by atoms with Gasteiger partial charge in [-0.1, -0.05) is 29.8 Å². The molecule has 1 N–H and O–H groups in total. The van der Waals surface area contributed by atoms with Crippen LogP contribution in [0.3, 0.4) is 0 Å². The van der Waals surface area contributed by atoms with Crippen LogP contribution in [0, 0.1) is 13.8 Å². The lowest BCUT2D eigenvalue weighted by Crippen LogP contribution is -2.24. The summed E-state index contributed by atoms with van der Waals surface area (Å²) in [5, 5.41) is 6.18. The summed E-state index contributed by atoms with van der Waals surface area (Å²) in [4.78, 5) is 16.8. The van der Waals surface area contributed by atoms with Crippen LogP contribution < -0.4 is 4.74 Å². The fraction of sp³-hybridized carbons (Fsp3) is 0.438. The van der Waals surface area contributed by atoms with Crippen LogP contribution in [0.2, 0.25) is 5.02 Å². The van der Waals surface area contributed by atoms with Crippen LogP contribution >= 0.6 is 11.6 Å². The quantitative estimate of drug-likeness (QED) is 0.190. The van der Waals surface area contributed by atoms with Gasteiger partial charge in [-0.05, 0) is 102 Å². The molecule has 6 nitrogen and oxygen atoms in total. The van der Waals surface area contributed by atoms with Gasteiger partial charge < -0.3 is 14.5 Å². The Bertz CT molecular complexity index is 1540. The molecule has 1 aliphatic rings. The molecule has 206 valence electrons. The molecule has 0 unspecified atom stereocenters. The molecule has 0 bridgehead atoms. The lowest BCUT2D eigenvalue weighted by molar-refractivity contribution is 0.00625. The van der Waals surface area contributed by atoms with E-state index in [0.717, 1.165) is 64.0 Å². The number of carbonyl (C=O) groups is 1. The molecule has 2 aromatic carbocycles. The number of ether oxygens (including phenoxy) is 2. The van der Waals surface area contributed by atoms with E-state index in [1.165, 1.54) is 24.0 Å². The van der Waals surface area contributed by atoms with E-state index in [9.17, 15) is 4.79 Å². The Balaban J connectivity index is 1.49. The predicted molar refractivity (Wildman–Crippen MR) is 157 cm³/mol. The van der Waals surface area contributed by atoms with Gasteiger partial charge in [-0.2, -0.15) is 5.10 Å². The highest BCUT2D eigenvalue weighted by Crippen LogP contribution is 2.40. The maximum absolute atomic E-state index is 13.4. The number of H-pyrrole nitrogens is 1. The number of nitrogens with zero attached hydrogens (tertiary/aromatic N) is 2. The molecule has 4 aromatic rings. The van der Waals surface area contributed by atoms with Crippen LogP contribution in [0.4, 0.5) is 0 Å². The van der Waals surface area contributed by atoms with Crippen LogP contribution in [0.25, 0.3) is 22.0 Å². The van der Waals surface area contributed by atoms with Crippen molar-refractivity contribution in [1.82, 2.24) is 14.8 Å². The largest absolute Gasteiger partial charge is 0.493 e. The zero-order valence-corrected chi connectivity index (χ0v) is 24.6. The number of rotatable bonds is 7. The second-order valence-corrected chi connectivity index (χ2v) is 12.0. The number of esters is 1. The van der Waals surface area contributed by atoms with E-state index in [4.69, 9.17) is 21.1 Å². The number of benzene rings is 2. The summed E-state index contributed by atoms with van der Waals surface area (Å²) in [6.45, 7) is 10.2. The van der Waals surface area contributed by atoms with Crippen LogP contribution in [-0.4, -0.2) is 32.9 Å². The number of halogens is 1. The van der Waals surface area contributed by atoms with Gasteiger partial charge in [0.25, 0.3) is 0 Å². The molecule has 0 spiro atoms. The normalized spacial score (nSPS) is 13.5. The van der Waals surface area contributed by atoms with Crippen LogP contribution in [-0.2, 0) is 31.0 Å². The summed E-state index contributed by atoms with van der Waals surface area (Å²) in [5.74, 6) is 0.628. The van der Waals surface area contributed by atoms with Gasteiger partial charge in [0.05, 0.1) is 22.8 Å². The summed E-state index contributed by atoms with van der Waals surface area (Å²) in [5.41, 5.74) is 8.12. The highest BCUT2D eigenvalue weighted by Gasteiger charge is 2.27. The third kappa shape index (κ3) is 5.44.